The third-order valence-corrected chi connectivity index (χ3v) is 5.22. The molecule has 0 bridgehead atoms. The van der Waals surface area contributed by atoms with Crippen molar-refractivity contribution >= 4 is 27.5 Å². The highest BCUT2D eigenvalue weighted by Gasteiger charge is 2.36. The summed E-state index contributed by atoms with van der Waals surface area (Å²) in [5, 5.41) is 4.37. The maximum Gasteiger partial charge on any atom is 0.0449 e. The molecule has 2 rings (SSSR count). The number of hydrogen-bond acceptors (Lipinski definition) is 1. The molecule has 1 aliphatic carbocycles. The van der Waals surface area contributed by atoms with Gasteiger partial charge in [0, 0.05) is 15.5 Å². The van der Waals surface area contributed by atoms with Crippen LogP contribution in [0.3, 0.4) is 0 Å². The van der Waals surface area contributed by atoms with Crippen LogP contribution in [-0.4, -0.2) is 13.1 Å². The Morgan fingerprint density at radius 2 is 2.06 bits per heavy atom. The molecule has 1 aromatic rings. The third-order valence-electron chi connectivity index (χ3n) is 4.37. The van der Waals surface area contributed by atoms with Crippen LogP contribution in [0.2, 0.25) is 5.02 Å². The zero-order valence-corrected chi connectivity index (χ0v) is 13.4. The van der Waals surface area contributed by atoms with Crippen LogP contribution in [0.1, 0.15) is 38.2 Å². The zero-order valence-electron chi connectivity index (χ0n) is 11.1. The number of nitrogens with one attached hydrogen (secondary N) is 1. The summed E-state index contributed by atoms with van der Waals surface area (Å²) in [6.07, 6.45) is 6.39. The predicted octanol–water partition coefficient (Wildman–Crippen LogP) is 4.81. The van der Waals surface area contributed by atoms with Crippen molar-refractivity contribution in [2.45, 2.75) is 45.1 Å². The maximum atomic E-state index is 6.32. The van der Waals surface area contributed by atoms with Crippen LogP contribution in [0.15, 0.2) is 22.7 Å². The molecule has 1 unspecified atom stereocenters. The van der Waals surface area contributed by atoms with Crippen LogP contribution in [0.25, 0.3) is 0 Å². The minimum atomic E-state index is 0.422. The van der Waals surface area contributed by atoms with E-state index >= 15 is 0 Å². The molecule has 0 radical (unpaired) electrons. The van der Waals surface area contributed by atoms with Gasteiger partial charge in [-0.05, 0) is 49.4 Å². The Labute approximate surface area is 123 Å². The molecule has 0 spiro atoms. The molecule has 3 heteroatoms. The lowest BCUT2D eigenvalue weighted by Crippen LogP contribution is -2.41. The first-order valence-corrected chi connectivity index (χ1v) is 7.83. The van der Waals surface area contributed by atoms with Crippen molar-refractivity contribution in [3.63, 3.8) is 0 Å². The topological polar surface area (TPSA) is 12.0 Å². The second-order valence-electron chi connectivity index (χ2n) is 5.64. The summed E-state index contributed by atoms with van der Waals surface area (Å²) in [5.74, 6) is 0. The lowest BCUT2D eigenvalue weighted by atomic mass is 9.78. The first-order chi connectivity index (χ1) is 8.55. The molecule has 1 aliphatic rings. The van der Waals surface area contributed by atoms with E-state index in [1.54, 1.807) is 0 Å². The highest BCUT2D eigenvalue weighted by molar-refractivity contribution is 9.10. The Kier molecular flexibility index (Phi) is 4.74. The second-order valence-corrected chi connectivity index (χ2v) is 6.97. The summed E-state index contributed by atoms with van der Waals surface area (Å²) < 4.78 is 1.05. The fourth-order valence-electron chi connectivity index (χ4n) is 3.14. The van der Waals surface area contributed by atoms with Crippen LogP contribution < -0.4 is 5.32 Å². The number of hydrogen-bond donors (Lipinski definition) is 1. The summed E-state index contributed by atoms with van der Waals surface area (Å²) in [5.41, 5.74) is 1.66. The Morgan fingerprint density at radius 1 is 1.39 bits per heavy atom. The van der Waals surface area contributed by atoms with Gasteiger partial charge in [-0.25, -0.2) is 0 Å². The van der Waals surface area contributed by atoms with Crippen LogP contribution in [0.5, 0.6) is 0 Å². The molecule has 18 heavy (non-hydrogen) atoms. The summed E-state index contributed by atoms with van der Waals surface area (Å²) in [4.78, 5) is 0. The molecule has 0 amide bonds. The summed E-state index contributed by atoms with van der Waals surface area (Å²) in [6, 6.07) is 6.71. The Balaban J connectivity index is 2.15. The van der Waals surface area contributed by atoms with Crippen LogP contribution in [0, 0.1) is 5.41 Å². The van der Waals surface area contributed by atoms with E-state index in [4.69, 9.17) is 11.6 Å². The average molecular weight is 331 g/mol. The number of benzene rings is 1. The monoisotopic (exact) mass is 329 g/mol. The molecule has 1 atom stereocenters. The van der Waals surface area contributed by atoms with Gasteiger partial charge in [-0.15, -0.1) is 0 Å². The van der Waals surface area contributed by atoms with Crippen LogP contribution >= 0.6 is 27.5 Å². The quantitative estimate of drug-likeness (QED) is 0.835. The molecule has 1 fully saturated rings. The van der Waals surface area contributed by atoms with Gasteiger partial charge in [0.2, 0.25) is 0 Å². The predicted molar refractivity (Wildman–Crippen MR) is 82.3 cm³/mol. The first kappa shape index (κ1) is 14.4. The molecule has 0 aromatic heterocycles. The Hall–Kier alpha value is -0.0500. The van der Waals surface area contributed by atoms with Crippen molar-refractivity contribution in [1.82, 2.24) is 5.32 Å². The summed E-state index contributed by atoms with van der Waals surface area (Å²) >= 11 is 9.78. The van der Waals surface area contributed by atoms with Crippen molar-refractivity contribution in [2.75, 3.05) is 7.05 Å². The number of likely N-dealkylation sites (N-methyl/N-ethyl adjacent to an activating group) is 1. The summed E-state index contributed by atoms with van der Waals surface area (Å²) in [7, 11) is 2.07. The van der Waals surface area contributed by atoms with E-state index in [1.807, 2.05) is 6.07 Å². The minimum Gasteiger partial charge on any atom is -0.316 e. The van der Waals surface area contributed by atoms with Gasteiger partial charge in [-0.3, -0.25) is 0 Å². The van der Waals surface area contributed by atoms with Crippen molar-refractivity contribution in [3.8, 4) is 0 Å². The minimum absolute atomic E-state index is 0.422. The van der Waals surface area contributed by atoms with Crippen LogP contribution in [-0.2, 0) is 6.42 Å². The fourth-order valence-corrected chi connectivity index (χ4v) is 3.89. The van der Waals surface area contributed by atoms with Crippen LogP contribution in [0.4, 0.5) is 0 Å². The molecular weight excluding hydrogens is 310 g/mol. The maximum absolute atomic E-state index is 6.32. The number of rotatable bonds is 4. The SMILES string of the molecule is CNC(Cc1ccc(Br)cc1Cl)C1(C)CCCC1. The van der Waals surface area contributed by atoms with E-state index < -0.39 is 0 Å². The van der Waals surface area contributed by atoms with Crippen molar-refractivity contribution in [3.05, 3.63) is 33.3 Å². The summed E-state index contributed by atoms with van der Waals surface area (Å²) in [6.45, 7) is 2.41. The van der Waals surface area contributed by atoms with Gasteiger partial charge in [0.1, 0.15) is 0 Å². The fraction of sp³-hybridized carbons (Fsp3) is 0.600. The third kappa shape index (κ3) is 3.09. The highest BCUT2D eigenvalue weighted by atomic mass is 79.9. The smallest absolute Gasteiger partial charge is 0.0449 e. The van der Waals surface area contributed by atoms with Gasteiger partial charge in [0.25, 0.3) is 0 Å². The molecule has 0 heterocycles. The molecule has 1 nitrogen and oxygen atoms in total. The standard InChI is InChI=1S/C15H21BrClN/c1-15(7-3-4-8-15)14(18-2)9-11-5-6-12(16)10-13(11)17/h5-6,10,14,18H,3-4,7-9H2,1-2H3. The number of halogens is 2. The second kappa shape index (κ2) is 5.94. The Morgan fingerprint density at radius 3 is 2.61 bits per heavy atom. The van der Waals surface area contributed by atoms with E-state index in [2.05, 4.69) is 47.4 Å². The van der Waals surface area contributed by atoms with Crippen molar-refractivity contribution in [1.29, 1.82) is 0 Å². The molecule has 1 N–H and O–H groups in total. The molecule has 1 saturated carbocycles. The lowest BCUT2D eigenvalue weighted by molar-refractivity contribution is 0.229. The normalized spacial score (nSPS) is 20.0. The van der Waals surface area contributed by atoms with Gasteiger partial charge in [-0.1, -0.05) is 53.4 Å². The van der Waals surface area contributed by atoms with Gasteiger partial charge >= 0.3 is 0 Å². The van der Waals surface area contributed by atoms with E-state index in [-0.39, 0.29) is 0 Å². The molecule has 0 aliphatic heterocycles. The van der Waals surface area contributed by atoms with Crippen molar-refractivity contribution < 1.29 is 0 Å². The van der Waals surface area contributed by atoms with E-state index in [9.17, 15) is 0 Å². The zero-order chi connectivity index (χ0) is 13.2. The molecular formula is C15H21BrClN. The largest absolute Gasteiger partial charge is 0.316 e. The van der Waals surface area contributed by atoms with E-state index in [0.29, 0.717) is 11.5 Å². The molecule has 100 valence electrons. The van der Waals surface area contributed by atoms with Crippen molar-refractivity contribution in [2.24, 2.45) is 5.41 Å². The Bertz CT molecular complexity index is 413. The molecule has 0 saturated heterocycles. The molecule has 1 aromatic carbocycles. The van der Waals surface area contributed by atoms with Gasteiger partial charge in [0.15, 0.2) is 0 Å². The lowest BCUT2D eigenvalue weighted by Gasteiger charge is -2.34. The average Bonchev–Trinajstić information content (AvgIpc) is 2.76. The highest BCUT2D eigenvalue weighted by Crippen LogP contribution is 2.41. The van der Waals surface area contributed by atoms with E-state index in [1.165, 1.54) is 31.2 Å². The van der Waals surface area contributed by atoms with Gasteiger partial charge in [0.05, 0.1) is 0 Å². The van der Waals surface area contributed by atoms with E-state index in [0.717, 1.165) is 15.9 Å². The van der Waals surface area contributed by atoms with Gasteiger partial charge in [-0.2, -0.15) is 0 Å². The first-order valence-electron chi connectivity index (χ1n) is 6.66. The van der Waals surface area contributed by atoms with Gasteiger partial charge < -0.3 is 5.32 Å².